The van der Waals surface area contributed by atoms with Crippen molar-refractivity contribution in [3.8, 4) is 33.4 Å². The van der Waals surface area contributed by atoms with E-state index in [0.29, 0.717) is 0 Å². The number of benzene rings is 4. The zero-order valence-electron chi connectivity index (χ0n) is 16.6. The standard InChI is InChI=1S/C28H21Cl/c1-28(2)25-8-4-3-6-22(25)23-13-11-18(16-26(23)28)17-10-12-20-19(14-17)15-24-21(20)7-5-9-27(24)29/h3-14,16H,15H2,1-2H3. The molecule has 0 aliphatic heterocycles. The lowest BCUT2D eigenvalue weighted by atomic mass is 9.81. The van der Waals surface area contributed by atoms with Crippen LogP contribution in [0.25, 0.3) is 33.4 Å². The molecule has 0 bridgehead atoms. The van der Waals surface area contributed by atoms with Crippen molar-refractivity contribution in [2.45, 2.75) is 25.7 Å². The van der Waals surface area contributed by atoms with Gasteiger partial charge in [-0.3, -0.25) is 0 Å². The van der Waals surface area contributed by atoms with Crippen LogP contribution in [0, 0.1) is 0 Å². The first-order chi connectivity index (χ1) is 14.0. The molecule has 0 unspecified atom stereocenters. The summed E-state index contributed by atoms with van der Waals surface area (Å²) < 4.78 is 0. The molecule has 0 nitrogen and oxygen atoms in total. The minimum atomic E-state index is 0.0302. The van der Waals surface area contributed by atoms with Crippen LogP contribution >= 0.6 is 11.6 Å². The largest absolute Gasteiger partial charge is 0.0840 e. The molecule has 0 saturated heterocycles. The van der Waals surface area contributed by atoms with E-state index >= 15 is 0 Å². The van der Waals surface area contributed by atoms with Crippen LogP contribution in [0.1, 0.15) is 36.1 Å². The predicted octanol–water partition coefficient (Wildman–Crippen LogP) is 7.88. The van der Waals surface area contributed by atoms with Gasteiger partial charge in [0.05, 0.1) is 0 Å². The number of hydrogen-bond donors (Lipinski definition) is 0. The summed E-state index contributed by atoms with van der Waals surface area (Å²) in [6.45, 7) is 4.67. The third-order valence-electron chi connectivity index (χ3n) is 6.80. The smallest absolute Gasteiger partial charge is 0.0447 e. The molecule has 2 aliphatic carbocycles. The molecule has 0 aromatic heterocycles. The lowest BCUT2D eigenvalue weighted by Gasteiger charge is -2.22. The monoisotopic (exact) mass is 392 g/mol. The van der Waals surface area contributed by atoms with Crippen molar-refractivity contribution >= 4 is 11.6 Å². The fraction of sp³-hybridized carbons (Fsp3) is 0.143. The van der Waals surface area contributed by atoms with Crippen molar-refractivity contribution in [1.82, 2.24) is 0 Å². The lowest BCUT2D eigenvalue weighted by Crippen LogP contribution is -2.14. The van der Waals surface area contributed by atoms with Gasteiger partial charge in [-0.15, -0.1) is 0 Å². The molecule has 0 saturated carbocycles. The lowest BCUT2D eigenvalue weighted by molar-refractivity contribution is 0.660. The van der Waals surface area contributed by atoms with Crippen LogP contribution < -0.4 is 0 Å². The highest BCUT2D eigenvalue weighted by Crippen LogP contribution is 2.49. The zero-order chi connectivity index (χ0) is 19.8. The van der Waals surface area contributed by atoms with Crippen LogP contribution in [0.15, 0.2) is 78.9 Å². The molecule has 2 aliphatic rings. The van der Waals surface area contributed by atoms with E-state index in [4.69, 9.17) is 11.6 Å². The van der Waals surface area contributed by atoms with Crippen molar-refractivity contribution in [2.24, 2.45) is 0 Å². The second-order valence-corrected chi connectivity index (χ2v) is 9.15. The van der Waals surface area contributed by atoms with Crippen LogP contribution in [0.3, 0.4) is 0 Å². The van der Waals surface area contributed by atoms with E-state index < -0.39 is 0 Å². The van der Waals surface area contributed by atoms with Gasteiger partial charge in [-0.05, 0) is 67.8 Å². The summed E-state index contributed by atoms with van der Waals surface area (Å²) in [5, 5.41) is 0.872. The average Bonchev–Trinajstić information content (AvgIpc) is 3.22. The highest BCUT2D eigenvalue weighted by atomic mass is 35.5. The second kappa shape index (κ2) is 5.84. The molecule has 0 radical (unpaired) electrons. The van der Waals surface area contributed by atoms with E-state index in [1.165, 1.54) is 55.6 Å². The van der Waals surface area contributed by atoms with Crippen molar-refractivity contribution in [3.05, 3.63) is 106 Å². The molecular formula is C28H21Cl. The first-order valence-corrected chi connectivity index (χ1v) is 10.6. The number of halogens is 1. The van der Waals surface area contributed by atoms with Crippen LogP contribution in [-0.4, -0.2) is 0 Å². The van der Waals surface area contributed by atoms with Gasteiger partial charge in [-0.25, -0.2) is 0 Å². The molecular weight excluding hydrogens is 372 g/mol. The third kappa shape index (κ3) is 2.33. The minimum Gasteiger partial charge on any atom is -0.0840 e. The van der Waals surface area contributed by atoms with E-state index in [2.05, 4.69) is 80.6 Å². The van der Waals surface area contributed by atoms with E-state index in [1.54, 1.807) is 0 Å². The van der Waals surface area contributed by atoms with Crippen molar-refractivity contribution in [2.75, 3.05) is 0 Å². The van der Waals surface area contributed by atoms with Gasteiger partial charge in [0.15, 0.2) is 0 Å². The topological polar surface area (TPSA) is 0 Å². The van der Waals surface area contributed by atoms with Crippen LogP contribution in [0.5, 0.6) is 0 Å². The molecule has 0 amide bonds. The average molecular weight is 393 g/mol. The van der Waals surface area contributed by atoms with E-state index in [0.717, 1.165) is 11.4 Å². The summed E-state index contributed by atoms with van der Waals surface area (Å²) in [4.78, 5) is 0. The van der Waals surface area contributed by atoms with Crippen molar-refractivity contribution < 1.29 is 0 Å². The van der Waals surface area contributed by atoms with Gasteiger partial charge in [-0.1, -0.05) is 92.2 Å². The summed E-state index contributed by atoms with van der Waals surface area (Å²) in [5.41, 5.74) is 13.4. The minimum absolute atomic E-state index is 0.0302. The Morgan fingerprint density at radius 3 is 2.21 bits per heavy atom. The molecule has 4 aromatic carbocycles. The summed E-state index contributed by atoms with van der Waals surface area (Å²) in [6, 6.07) is 28.9. The third-order valence-corrected chi connectivity index (χ3v) is 7.15. The van der Waals surface area contributed by atoms with Gasteiger partial charge in [0, 0.05) is 16.9 Å². The quantitative estimate of drug-likeness (QED) is 0.272. The first kappa shape index (κ1) is 17.1. The Morgan fingerprint density at radius 2 is 1.34 bits per heavy atom. The molecule has 1 heteroatoms. The fourth-order valence-corrected chi connectivity index (χ4v) is 5.49. The summed E-state index contributed by atoms with van der Waals surface area (Å²) in [7, 11) is 0. The van der Waals surface area contributed by atoms with Gasteiger partial charge in [0.1, 0.15) is 0 Å². The van der Waals surface area contributed by atoms with Crippen LogP contribution in [0.2, 0.25) is 5.02 Å². The highest BCUT2D eigenvalue weighted by Gasteiger charge is 2.35. The first-order valence-electron chi connectivity index (χ1n) is 10.2. The molecule has 0 atom stereocenters. The molecule has 29 heavy (non-hydrogen) atoms. The van der Waals surface area contributed by atoms with Gasteiger partial charge in [0.25, 0.3) is 0 Å². The van der Waals surface area contributed by atoms with Gasteiger partial charge in [-0.2, -0.15) is 0 Å². The van der Waals surface area contributed by atoms with Gasteiger partial charge in [0.2, 0.25) is 0 Å². The normalized spacial score (nSPS) is 14.9. The Labute approximate surface area is 176 Å². The Kier molecular flexibility index (Phi) is 3.44. The predicted molar refractivity (Wildman–Crippen MR) is 123 cm³/mol. The molecule has 0 N–H and O–H groups in total. The maximum atomic E-state index is 6.46. The summed E-state index contributed by atoms with van der Waals surface area (Å²) in [6.07, 6.45) is 0.917. The molecule has 4 aromatic rings. The van der Waals surface area contributed by atoms with Crippen LogP contribution in [-0.2, 0) is 11.8 Å². The van der Waals surface area contributed by atoms with E-state index in [1.807, 2.05) is 12.1 Å². The Hall–Kier alpha value is -2.83. The number of rotatable bonds is 1. The van der Waals surface area contributed by atoms with Gasteiger partial charge >= 0.3 is 0 Å². The maximum Gasteiger partial charge on any atom is 0.0447 e. The molecule has 0 heterocycles. The van der Waals surface area contributed by atoms with Gasteiger partial charge < -0.3 is 0 Å². The maximum absolute atomic E-state index is 6.46. The Balaban J connectivity index is 1.46. The molecule has 140 valence electrons. The molecule has 0 fully saturated rings. The van der Waals surface area contributed by atoms with E-state index in [9.17, 15) is 0 Å². The van der Waals surface area contributed by atoms with Crippen molar-refractivity contribution in [1.29, 1.82) is 0 Å². The fourth-order valence-electron chi connectivity index (χ4n) is 5.25. The second-order valence-electron chi connectivity index (χ2n) is 8.75. The SMILES string of the molecule is CC1(C)c2ccccc2-c2ccc(-c3ccc4c(c3)Cc3c(Cl)cccc3-4)cc21. The summed E-state index contributed by atoms with van der Waals surface area (Å²) in [5.74, 6) is 0. The molecule has 6 rings (SSSR count). The Bertz CT molecular complexity index is 1310. The number of fused-ring (bicyclic) bond motifs is 6. The van der Waals surface area contributed by atoms with E-state index in [-0.39, 0.29) is 5.41 Å². The van der Waals surface area contributed by atoms with Crippen molar-refractivity contribution in [3.63, 3.8) is 0 Å². The number of hydrogen-bond acceptors (Lipinski definition) is 0. The highest BCUT2D eigenvalue weighted by molar-refractivity contribution is 6.32. The van der Waals surface area contributed by atoms with Crippen LogP contribution in [0.4, 0.5) is 0 Å². The summed E-state index contributed by atoms with van der Waals surface area (Å²) >= 11 is 6.46. The zero-order valence-corrected chi connectivity index (χ0v) is 17.3. The molecule has 0 spiro atoms. The Morgan fingerprint density at radius 1 is 0.655 bits per heavy atom.